The van der Waals surface area contributed by atoms with Crippen molar-refractivity contribution in [3.63, 3.8) is 0 Å². The van der Waals surface area contributed by atoms with Crippen molar-refractivity contribution >= 4 is 28.1 Å². The Balaban J connectivity index is 1.55. The van der Waals surface area contributed by atoms with Gasteiger partial charge in [0.2, 0.25) is 5.91 Å². The van der Waals surface area contributed by atoms with E-state index in [-0.39, 0.29) is 23.0 Å². The van der Waals surface area contributed by atoms with Crippen molar-refractivity contribution in [2.75, 3.05) is 0 Å². The average Bonchev–Trinajstić information content (AvgIpc) is 3.49. The molecule has 3 aromatic rings. The second-order valence-electron chi connectivity index (χ2n) is 6.90. The largest absolute Gasteiger partial charge is 0.507 e. The third kappa shape index (κ3) is 3.45. The van der Waals surface area contributed by atoms with Gasteiger partial charge in [-0.2, -0.15) is 5.10 Å². The summed E-state index contributed by atoms with van der Waals surface area (Å²) < 4.78 is 0.826. The van der Waals surface area contributed by atoms with Gasteiger partial charge in [0.1, 0.15) is 5.75 Å². The highest BCUT2D eigenvalue weighted by Gasteiger charge is 2.60. The first kappa shape index (κ1) is 18.4. The van der Waals surface area contributed by atoms with Gasteiger partial charge in [0, 0.05) is 15.5 Å². The minimum atomic E-state index is -0.319. The van der Waals surface area contributed by atoms with E-state index in [0.29, 0.717) is 5.56 Å². The van der Waals surface area contributed by atoms with Crippen molar-refractivity contribution in [1.82, 2.24) is 5.43 Å². The molecule has 1 aliphatic carbocycles. The van der Waals surface area contributed by atoms with Crippen molar-refractivity contribution in [1.29, 1.82) is 0 Å². The molecule has 2 N–H and O–H groups in total. The maximum Gasteiger partial charge on any atom is 0.244 e. The Labute approximate surface area is 172 Å². The minimum Gasteiger partial charge on any atom is -0.507 e. The summed E-state index contributed by atoms with van der Waals surface area (Å²) >= 11 is 3.36. The fourth-order valence-electron chi connectivity index (χ4n) is 3.73. The number of hydrogen-bond acceptors (Lipinski definition) is 3. The van der Waals surface area contributed by atoms with Crippen LogP contribution >= 0.6 is 15.9 Å². The SMILES string of the molecule is O=C(N/N=C/c1cc(Br)ccc1O)[C@@H]1CC1(c1ccccc1)c1ccccc1. The van der Waals surface area contributed by atoms with E-state index in [0.717, 1.165) is 22.0 Å². The average molecular weight is 435 g/mol. The maximum absolute atomic E-state index is 12.8. The third-order valence-corrected chi connectivity index (χ3v) is 5.72. The molecule has 1 atom stereocenters. The summed E-state index contributed by atoms with van der Waals surface area (Å²) in [5.74, 6) is -0.209. The van der Waals surface area contributed by atoms with Crippen molar-refractivity contribution in [3.8, 4) is 5.75 Å². The lowest BCUT2D eigenvalue weighted by Gasteiger charge is -2.18. The monoisotopic (exact) mass is 434 g/mol. The van der Waals surface area contributed by atoms with E-state index >= 15 is 0 Å². The first-order valence-electron chi connectivity index (χ1n) is 9.04. The number of nitrogens with one attached hydrogen (secondary N) is 1. The van der Waals surface area contributed by atoms with E-state index in [1.165, 1.54) is 6.21 Å². The molecule has 0 saturated heterocycles. The van der Waals surface area contributed by atoms with Crippen LogP contribution in [0.2, 0.25) is 0 Å². The Bertz CT molecular complexity index is 980. The molecule has 1 saturated carbocycles. The zero-order valence-corrected chi connectivity index (χ0v) is 16.6. The summed E-state index contributed by atoms with van der Waals surface area (Å²) in [6.07, 6.45) is 2.19. The smallest absolute Gasteiger partial charge is 0.244 e. The van der Waals surface area contributed by atoms with E-state index in [9.17, 15) is 9.90 Å². The number of hydrazone groups is 1. The van der Waals surface area contributed by atoms with Gasteiger partial charge in [-0.15, -0.1) is 0 Å². The summed E-state index contributed by atoms with van der Waals surface area (Å²) in [6, 6.07) is 25.3. The van der Waals surface area contributed by atoms with E-state index in [1.807, 2.05) is 36.4 Å². The molecule has 0 unspecified atom stereocenters. The minimum absolute atomic E-state index is 0.107. The number of phenols is 1. The van der Waals surface area contributed by atoms with Crippen molar-refractivity contribution in [2.45, 2.75) is 11.8 Å². The normalized spacial score (nSPS) is 17.4. The predicted octanol–water partition coefficient (Wildman–Crippen LogP) is 4.61. The summed E-state index contributed by atoms with van der Waals surface area (Å²) in [4.78, 5) is 12.8. The lowest BCUT2D eigenvalue weighted by Crippen LogP contribution is -2.25. The van der Waals surface area contributed by atoms with Crippen LogP contribution in [0.25, 0.3) is 0 Å². The highest BCUT2D eigenvalue weighted by Crippen LogP contribution is 2.58. The van der Waals surface area contributed by atoms with Gasteiger partial charge >= 0.3 is 0 Å². The van der Waals surface area contributed by atoms with Crippen LogP contribution in [0.4, 0.5) is 0 Å². The van der Waals surface area contributed by atoms with Crippen LogP contribution in [-0.4, -0.2) is 17.2 Å². The fraction of sp³-hybridized carbons (Fsp3) is 0.130. The molecule has 1 fully saturated rings. The lowest BCUT2D eigenvalue weighted by atomic mass is 9.85. The second-order valence-corrected chi connectivity index (χ2v) is 7.81. The molecule has 0 aromatic heterocycles. The first-order valence-corrected chi connectivity index (χ1v) is 9.83. The molecule has 0 heterocycles. The van der Waals surface area contributed by atoms with E-state index in [2.05, 4.69) is 50.7 Å². The van der Waals surface area contributed by atoms with Gasteiger partial charge in [-0.05, 0) is 35.7 Å². The molecule has 1 amide bonds. The second kappa shape index (κ2) is 7.60. The summed E-state index contributed by atoms with van der Waals surface area (Å²) in [5, 5.41) is 13.9. The van der Waals surface area contributed by atoms with Gasteiger partial charge in [0.25, 0.3) is 0 Å². The number of phenolic OH excluding ortho intramolecular Hbond substituents is 1. The Hall–Kier alpha value is -2.92. The van der Waals surface area contributed by atoms with Gasteiger partial charge in [-0.1, -0.05) is 76.6 Å². The van der Waals surface area contributed by atoms with Crippen LogP contribution in [0.15, 0.2) is 88.4 Å². The number of amides is 1. The molecule has 3 aromatic carbocycles. The van der Waals surface area contributed by atoms with Crippen LogP contribution in [0, 0.1) is 5.92 Å². The third-order valence-electron chi connectivity index (χ3n) is 5.22. The molecule has 5 heteroatoms. The molecule has 4 nitrogen and oxygen atoms in total. The van der Waals surface area contributed by atoms with Gasteiger partial charge in [-0.25, -0.2) is 5.43 Å². The topological polar surface area (TPSA) is 61.7 Å². The van der Waals surface area contributed by atoms with Crippen molar-refractivity contribution < 1.29 is 9.90 Å². The van der Waals surface area contributed by atoms with Gasteiger partial charge < -0.3 is 5.11 Å². The zero-order valence-electron chi connectivity index (χ0n) is 15.0. The maximum atomic E-state index is 12.8. The molecule has 0 spiro atoms. The Morgan fingerprint density at radius 3 is 2.25 bits per heavy atom. The number of carbonyl (C=O) groups is 1. The molecule has 0 bridgehead atoms. The van der Waals surface area contributed by atoms with Crippen LogP contribution < -0.4 is 5.43 Å². The first-order chi connectivity index (χ1) is 13.6. The Morgan fingerprint density at radius 1 is 1.04 bits per heavy atom. The van der Waals surface area contributed by atoms with Crippen LogP contribution in [-0.2, 0) is 10.2 Å². The van der Waals surface area contributed by atoms with E-state index < -0.39 is 0 Å². The molecule has 140 valence electrons. The number of carbonyl (C=O) groups excluding carboxylic acids is 1. The summed E-state index contributed by atoms with van der Waals surface area (Å²) in [7, 11) is 0. The molecule has 0 radical (unpaired) electrons. The quantitative estimate of drug-likeness (QED) is 0.454. The van der Waals surface area contributed by atoms with Gasteiger partial charge in [-0.3, -0.25) is 4.79 Å². The number of benzene rings is 3. The van der Waals surface area contributed by atoms with Crippen molar-refractivity contribution in [3.05, 3.63) is 100 Å². The molecular weight excluding hydrogens is 416 g/mol. The number of nitrogens with zero attached hydrogens (tertiary/aromatic N) is 1. The molecule has 28 heavy (non-hydrogen) atoms. The molecule has 1 aliphatic rings. The Morgan fingerprint density at radius 2 is 1.64 bits per heavy atom. The molecule has 4 rings (SSSR count). The molecular formula is C23H19BrN2O2. The van der Waals surface area contributed by atoms with Gasteiger partial charge in [0.15, 0.2) is 0 Å². The number of hydrogen-bond donors (Lipinski definition) is 2. The molecule has 0 aliphatic heterocycles. The zero-order chi connectivity index (χ0) is 19.6. The number of aromatic hydroxyl groups is 1. The highest BCUT2D eigenvalue weighted by molar-refractivity contribution is 9.10. The fourth-order valence-corrected chi connectivity index (χ4v) is 4.11. The standard InChI is InChI=1S/C23H19BrN2O2/c24-19-11-12-21(27)16(13-19)15-25-26-22(28)20-14-23(20,17-7-3-1-4-8-17)18-9-5-2-6-10-18/h1-13,15,20,27H,14H2,(H,26,28)/b25-15+/t20-/m0/s1. The van der Waals surface area contributed by atoms with Crippen LogP contribution in [0.3, 0.4) is 0 Å². The predicted molar refractivity (Wildman–Crippen MR) is 113 cm³/mol. The van der Waals surface area contributed by atoms with E-state index in [4.69, 9.17) is 0 Å². The number of halogens is 1. The highest BCUT2D eigenvalue weighted by atomic mass is 79.9. The van der Waals surface area contributed by atoms with Crippen LogP contribution in [0.1, 0.15) is 23.1 Å². The van der Waals surface area contributed by atoms with Gasteiger partial charge in [0.05, 0.1) is 12.1 Å². The van der Waals surface area contributed by atoms with E-state index in [1.54, 1.807) is 18.2 Å². The van der Waals surface area contributed by atoms with Crippen molar-refractivity contribution in [2.24, 2.45) is 11.0 Å². The van der Waals surface area contributed by atoms with Crippen LogP contribution in [0.5, 0.6) is 5.75 Å². The summed E-state index contributed by atoms with van der Waals surface area (Å²) in [6.45, 7) is 0. The Kier molecular flexibility index (Phi) is 5.01. The lowest BCUT2D eigenvalue weighted by molar-refractivity contribution is -0.122. The summed E-state index contributed by atoms with van der Waals surface area (Å²) in [5.41, 5.74) is 5.12. The number of rotatable bonds is 5.